The van der Waals surface area contributed by atoms with Crippen molar-refractivity contribution in [3.8, 4) is 11.1 Å². The van der Waals surface area contributed by atoms with Crippen molar-refractivity contribution in [1.82, 2.24) is 4.98 Å². The van der Waals surface area contributed by atoms with Crippen molar-refractivity contribution in [3.63, 3.8) is 0 Å². The molecule has 0 spiro atoms. The van der Waals surface area contributed by atoms with Gasteiger partial charge in [-0.1, -0.05) is 12.1 Å². The monoisotopic (exact) mass is 362 g/mol. The van der Waals surface area contributed by atoms with Crippen LogP contribution in [0.4, 0.5) is 17.1 Å². The van der Waals surface area contributed by atoms with Crippen molar-refractivity contribution in [3.05, 3.63) is 76.2 Å². The van der Waals surface area contributed by atoms with Crippen molar-refractivity contribution in [1.29, 1.82) is 0 Å². The summed E-state index contributed by atoms with van der Waals surface area (Å²) in [5, 5.41) is 2.96. The molecular formula is C21H22N4O2. The lowest BCUT2D eigenvalue weighted by Crippen LogP contribution is -2.14. The number of aromatic nitrogens is 1. The molecule has 27 heavy (non-hydrogen) atoms. The van der Waals surface area contributed by atoms with Crippen LogP contribution in [0.1, 0.15) is 15.9 Å². The quantitative estimate of drug-likeness (QED) is 0.664. The predicted molar refractivity (Wildman–Crippen MR) is 110 cm³/mol. The Labute approximate surface area is 157 Å². The lowest BCUT2D eigenvalue weighted by molar-refractivity contribution is 0.102. The van der Waals surface area contributed by atoms with Gasteiger partial charge in [-0.25, -0.2) is 0 Å². The Morgan fingerprint density at radius 3 is 2.44 bits per heavy atom. The van der Waals surface area contributed by atoms with E-state index in [1.165, 1.54) is 0 Å². The summed E-state index contributed by atoms with van der Waals surface area (Å²) >= 11 is 0. The molecule has 1 amide bonds. The number of aromatic amines is 1. The van der Waals surface area contributed by atoms with E-state index in [0.29, 0.717) is 11.3 Å². The summed E-state index contributed by atoms with van der Waals surface area (Å²) < 4.78 is 0. The van der Waals surface area contributed by atoms with Crippen molar-refractivity contribution < 1.29 is 4.79 Å². The summed E-state index contributed by atoms with van der Waals surface area (Å²) in [4.78, 5) is 28.7. The minimum absolute atomic E-state index is 0.155. The zero-order valence-electron chi connectivity index (χ0n) is 15.5. The van der Waals surface area contributed by atoms with E-state index < -0.39 is 0 Å². The minimum atomic E-state index is -0.318. The van der Waals surface area contributed by atoms with E-state index in [9.17, 15) is 9.59 Å². The van der Waals surface area contributed by atoms with Gasteiger partial charge in [0.05, 0.1) is 5.69 Å². The molecular weight excluding hydrogens is 340 g/mol. The first-order valence-corrected chi connectivity index (χ1v) is 8.54. The van der Waals surface area contributed by atoms with Crippen molar-refractivity contribution in [2.45, 2.75) is 6.92 Å². The molecule has 1 aromatic heterocycles. The highest BCUT2D eigenvalue weighted by atomic mass is 16.1. The van der Waals surface area contributed by atoms with E-state index in [4.69, 9.17) is 5.73 Å². The molecule has 0 bridgehead atoms. The fourth-order valence-electron chi connectivity index (χ4n) is 2.85. The van der Waals surface area contributed by atoms with Gasteiger partial charge in [-0.2, -0.15) is 0 Å². The van der Waals surface area contributed by atoms with Crippen LogP contribution in [0.15, 0.2) is 59.5 Å². The van der Waals surface area contributed by atoms with Gasteiger partial charge in [-0.15, -0.1) is 0 Å². The number of amides is 1. The summed E-state index contributed by atoms with van der Waals surface area (Å²) in [7, 11) is 3.90. The van der Waals surface area contributed by atoms with Gasteiger partial charge < -0.3 is 20.9 Å². The third kappa shape index (κ3) is 3.84. The lowest BCUT2D eigenvalue weighted by Gasteiger charge is -2.14. The van der Waals surface area contributed by atoms with E-state index in [1.54, 1.807) is 24.4 Å². The topological polar surface area (TPSA) is 91.2 Å². The number of nitrogen functional groups attached to an aromatic ring is 1. The van der Waals surface area contributed by atoms with Crippen LogP contribution in [0.5, 0.6) is 0 Å². The highest BCUT2D eigenvalue weighted by Gasteiger charge is 2.12. The Kier molecular flexibility index (Phi) is 4.98. The molecule has 0 aliphatic carbocycles. The highest BCUT2D eigenvalue weighted by molar-refractivity contribution is 6.05. The molecule has 0 saturated heterocycles. The average molecular weight is 362 g/mol. The highest BCUT2D eigenvalue weighted by Crippen LogP contribution is 2.28. The number of H-pyrrole nitrogens is 1. The molecule has 6 heteroatoms. The van der Waals surface area contributed by atoms with Crippen LogP contribution in [-0.4, -0.2) is 25.0 Å². The maximum atomic E-state index is 12.6. The SMILES string of the molecule is Cc1c(NC(=O)c2ccc(N(C)C)cc2)cccc1-c1c[nH]c(=O)c(N)c1. The van der Waals surface area contributed by atoms with E-state index in [2.05, 4.69) is 10.3 Å². The number of hydrogen-bond donors (Lipinski definition) is 3. The largest absolute Gasteiger partial charge is 0.394 e. The number of nitrogens with one attached hydrogen (secondary N) is 2. The second-order valence-electron chi connectivity index (χ2n) is 6.55. The Hall–Kier alpha value is -3.54. The number of nitrogens with zero attached hydrogens (tertiary/aromatic N) is 1. The van der Waals surface area contributed by atoms with Crippen LogP contribution in [0.3, 0.4) is 0 Å². The van der Waals surface area contributed by atoms with Gasteiger partial charge in [-0.05, 0) is 54.4 Å². The molecule has 3 rings (SSSR count). The third-order valence-electron chi connectivity index (χ3n) is 4.47. The van der Waals surface area contributed by atoms with Gasteiger partial charge >= 0.3 is 0 Å². The number of rotatable bonds is 4. The van der Waals surface area contributed by atoms with Gasteiger partial charge in [0.2, 0.25) is 0 Å². The average Bonchev–Trinajstić information content (AvgIpc) is 2.66. The number of nitrogens with two attached hydrogens (primary N) is 1. The zero-order chi connectivity index (χ0) is 19.6. The van der Waals surface area contributed by atoms with E-state index in [1.807, 2.05) is 56.3 Å². The molecule has 0 aliphatic heterocycles. The fourth-order valence-corrected chi connectivity index (χ4v) is 2.85. The smallest absolute Gasteiger partial charge is 0.271 e. The second kappa shape index (κ2) is 7.37. The van der Waals surface area contributed by atoms with Crippen molar-refractivity contribution >= 4 is 23.0 Å². The minimum Gasteiger partial charge on any atom is -0.394 e. The third-order valence-corrected chi connectivity index (χ3v) is 4.47. The van der Waals surface area contributed by atoms with Crippen LogP contribution in [0, 0.1) is 6.92 Å². The van der Waals surface area contributed by atoms with E-state index >= 15 is 0 Å². The number of hydrogen-bond acceptors (Lipinski definition) is 4. The van der Waals surface area contributed by atoms with Crippen molar-refractivity contribution in [2.24, 2.45) is 0 Å². The van der Waals surface area contributed by atoms with Gasteiger partial charge in [0.1, 0.15) is 0 Å². The molecule has 3 aromatic rings. The summed E-state index contributed by atoms with van der Waals surface area (Å²) in [6.07, 6.45) is 1.62. The van der Waals surface area contributed by atoms with E-state index in [-0.39, 0.29) is 17.2 Å². The molecule has 0 aliphatic rings. The van der Waals surface area contributed by atoms with Crippen LogP contribution >= 0.6 is 0 Å². The zero-order valence-corrected chi connectivity index (χ0v) is 15.5. The molecule has 0 fully saturated rings. The molecule has 138 valence electrons. The standard InChI is InChI=1S/C21H22N4O2/c1-13-17(15-11-18(22)21(27)23-12-15)5-4-6-19(13)24-20(26)14-7-9-16(10-8-14)25(2)3/h4-12H,22H2,1-3H3,(H,23,27)(H,24,26). The van der Waals surface area contributed by atoms with Crippen LogP contribution in [0.25, 0.3) is 11.1 Å². The second-order valence-corrected chi connectivity index (χ2v) is 6.55. The molecule has 0 radical (unpaired) electrons. The van der Waals surface area contributed by atoms with Crippen LogP contribution < -0.4 is 21.5 Å². The Bertz CT molecular complexity index is 1040. The van der Waals surface area contributed by atoms with Gasteiger partial charge in [0.15, 0.2) is 0 Å². The molecule has 0 saturated carbocycles. The van der Waals surface area contributed by atoms with Gasteiger partial charge in [0.25, 0.3) is 11.5 Å². The predicted octanol–water partition coefficient (Wildman–Crippen LogP) is 3.25. The number of pyridine rings is 1. The van der Waals surface area contributed by atoms with E-state index in [0.717, 1.165) is 22.4 Å². The first-order valence-electron chi connectivity index (χ1n) is 8.54. The van der Waals surface area contributed by atoms with Crippen LogP contribution in [0.2, 0.25) is 0 Å². The fraction of sp³-hybridized carbons (Fsp3) is 0.143. The summed E-state index contributed by atoms with van der Waals surface area (Å²) in [5.41, 5.74) is 10.4. The molecule has 6 nitrogen and oxygen atoms in total. The molecule has 0 atom stereocenters. The maximum absolute atomic E-state index is 12.6. The summed E-state index contributed by atoms with van der Waals surface area (Å²) in [5.74, 6) is -0.179. The number of carbonyl (C=O) groups is 1. The Morgan fingerprint density at radius 1 is 1.11 bits per heavy atom. The molecule has 2 aromatic carbocycles. The van der Waals surface area contributed by atoms with Crippen molar-refractivity contribution in [2.75, 3.05) is 30.0 Å². The van der Waals surface area contributed by atoms with Gasteiger partial charge in [-0.3, -0.25) is 9.59 Å². The first-order chi connectivity index (χ1) is 12.9. The summed E-state index contributed by atoms with van der Waals surface area (Å²) in [6.45, 7) is 1.92. The normalized spacial score (nSPS) is 10.5. The number of anilines is 3. The maximum Gasteiger partial charge on any atom is 0.271 e. The van der Waals surface area contributed by atoms with Crippen LogP contribution in [-0.2, 0) is 0 Å². The first kappa shape index (κ1) is 18.3. The number of benzene rings is 2. The van der Waals surface area contributed by atoms with Gasteiger partial charge in [0, 0.05) is 42.8 Å². The Morgan fingerprint density at radius 2 is 1.81 bits per heavy atom. The summed E-state index contributed by atoms with van der Waals surface area (Å²) in [6, 6.07) is 14.7. The lowest BCUT2D eigenvalue weighted by atomic mass is 10.00. The molecule has 4 N–H and O–H groups in total. The molecule has 0 unspecified atom stereocenters. The number of carbonyl (C=O) groups excluding carboxylic acids is 1. The molecule has 1 heterocycles. The Balaban J connectivity index is 1.88.